The van der Waals surface area contributed by atoms with Gasteiger partial charge in [-0.2, -0.15) is 11.8 Å². The zero-order valence-corrected chi connectivity index (χ0v) is 12.9. The zero-order valence-electron chi connectivity index (χ0n) is 11.1. The minimum absolute atomic E-state index is 0.675. The summed E-state index contributed by atoms with van der Waals surface area (Å²) in [4.78, 5) is 0. The molecule has 0 aromatic carbocycles. The van der Waals surface area contributed by atoms with Gasteiger partial charge in [0.1, 0.15) is 0 Å². The minimum atomic E-state index is -2.35. The van der Waals surface area contributed by atoms with Crippen molar-refractivity contribution in [1.29, 1.82) is 0 Å². The summed E-state index contributed by atoms with van der Waals surface area (Å²) < 4.78 is 17.3. The number of hydrogen-bond acceptors (Lipinski definition) is 4. The van der Waals surface area contributed by atoms with Gasteiger partial charge in [0.05, 0.1) is 0 Å². The standard InChI is InChI=1S/C11H26O3SSi/c1-5-12-16(13-6-2,14-7-3)11-9-8-10-15-4/h5-11H2,1-4H3. The number of unbranched alkanes of at least 4 members (excludes halogenated alkanes) is 1. The summed E-state index contributed by atoms with van der Waals surface area (Å²) in [6.07, 6.45) is 4.48. The van der Waals surface area contributed by atoms with Crippen LogP contribution in [0.4, 0.5) is 0 Å². The van der Waals surface area contributed by atoms with E-state index in [-0.39, 0.29) is 0 Å². The van der Waals surface area contributed by atoms with Crippen LogP contribution in [0, 0.1) is 0 Å². The van der Waals surface area contributed by atoms with Crippen molar-refractivity contribution in [2.24, 2.45) is 0 Å². The summed E-state index contributed by atoms with van der Waals surface area (Å²) in [5, 5.41) is 0. The summed E-state index contributed by atoms with van der Waals surface area (Å²) in [6.45, 7) is 8.03. The van der Waals surface area contributed by atoms with Gasteiger partial charge in [-0.1, -0.05) is 0 Å². The molecular formula is C11H26O3SSi. The highest BCUT2D eigenvalue weighted by atomic mass is 32.2. The molecule has 0 aliphatic rings. The van der Waals surface area contributed by atoms with Crippen molar-refractivity contribution in [3.63, 3.8) is 0 Å². The molecule has 0 N–H and O–H groups in total. The molecule has 0 heterocycles. The molecule has 98 valence electrons. The summed E-state index contributed by atoms with van der Waals surface area (Å²) >= 11 is 1.89. The topological polar surface area (TPSA) is 27.7 Å². The Morgan fingerprint density at radius 3 is 1.75 bits per heavy atom. The Kier molecular flexibility index (Phi) is 10.9. The van der Waals surface area contributed by atoms with E-state index in [4.69, 9.17) is 13.3 Å². The number of thioether (sulfide) groups is 1. The van der Waals surface area contributed by atoms with Gasteiger partial charge < -0.3 is 13.3 Å². The van der Waals surface area contributed by atoms with Crippen LogP contribution in [0.2, 0.25) is 6.04 Å². The molecule has 0 aliphatic carbocycles. The third kappa shape index (κ3) is 6.91. The maximum absolute atomic E-state index is 5.78. The minimum Gasteiger partial charge on any atom is -0.374 e. The Hall–Kier alpha value is 0.447. The smallest absolute Gasteiger partial charge is 0.374 e. The molecule has 0 aromatic rings. The van der Waals surface area contributed by atoms with Crippen molar-refractivity contribution in [1.82, 2.24) is 0 Å². The molecule has 0 saturated carbocycles. The molecule has 0 saturated heterocycles. The average molecular weight is 266 g/mol. The fraction of sp³-hybridized carbons (Fsp3) is 1.00. The number of rotatable bonds is 11. The number of hydrogen-bond donors (Lipinski definition) is 0. The Labute approximate surface area is 106 Å². The lowest BCUT2D eigenvalue weighted by atomic mass is 10.4. The fourth-order valence-electron chi connectivity index (χ4n) is 1.59. The Morgan fingerprint density at radius 1 is 0.875 bits per heavy atom. The van der Waals surface area contributed by atoms with Crippen LogP contribution >= 0.6 is 11.8 Å². The van der Waals surface area contributed by atoms with E-state index in [1.54, 1.807) is 0 Å². The average Bonchev–Trinajstić information content (AvgIpc) is 2.26. The lowest BCUT2D eigenvalue weighted by Gasteiger charge is -2.28. The highest BCUT2D eigenvalue weighted by molar-refractivity contribution is 7.98. The van der Waals surface area contributed by atoms with Gasteiger partial charge in [0, 0.05) is 25.9 Å². The maximum atomic E-state index is 5.78. The molecule has 0 aromatic heterocycles. The van der Waals surface area contributed by atoms with Crippen LogP contribution < -0.4 is 0 Å². The normalized spacial score (nSPS) is 12.0. The van der Waals surface area contributed by atoms with Gasteiger partial charge in [0.25, 0.3) is 0 Å². The van der Waals surface area contributed by atoms with Crippen molar-refractivity contribution >= 4 is 20.6 Å². The van der Waals surface area contributed by atoms with Gasteiger partial charge in [0.2, 0.25) is 0 Å². The summed E-state index contributed by atoms with van der Waals surface area (Å²) in [5.41, 5.74) is 0. The summed E-state index contributed by atoms with van der Waals surface area (Å²) in [6, 6.07) is 0.948. The lowest BCUT2D eigenvalue weighted by Crippen LogP contribution is -2.45. The molecule has 0 spiro atoms. The van der Waals surface area contributed by atoms with Crippen molar-refractivity contribution in [2.75, 3.05) is 31.8 Å². The SMILES string of the molecule is CCO[Si](CCCCSC)(OCC)OCC. The van der Waals surface area contributed by atoms with Gasteiger partial charge in [-0.3, -0.25) is 0 Å². The van der Waals surface area contributed by atoms with Crippen LogP contribution in [0.5, 0.6) is 0 Å². The summed E-state index contributed by atoms with van der Waals surface area (Å²) in [5.74, 6) is 1.20. The quantitative estimate of drug-likeness (QED) is 0.424. The first-order valence-electron chi connectivity index (χ1n) is 6.15. The van der Waals surface area contributed by atoms with Crippen molar-refractivity contribution in [2.45, 2.75) is 39.7 Å². The van der Waals surface area contributed by atoms with E-state index < -0.39 is 8.80 Å². The van der Waals surface area contributed by atoms with Gasteiger partial charge in [-0.05, 0) is 45.6 Å². The van der Waals surface area contributed by atoms with E-state index in [1.165, 1.54) is 12.2 Å². The second-order valence-corrected chi connectivity index (χ2v) is 7.15. The van der Waals surface area contributed by atoms with Gasteiger partial charge >= 0.3 is 8.80 Å². The molecule has 16 heavy (non-hydrogen) atoms. The maximum Gasteiger partial charge on any atom is 0.500 e. The van der Waals surface area contributed by atoms with Crippen molar-refractivity contribution in [3.05, 3.63) is 0 Å². The second kappa shape index (κ2) is 10.6. The first-order valence-corrected chi connectivity index (χ1v) is 9.48. The lowest BCUT2D eigenvalue weighted by molar-refractivity contribution is 0.0708. The monoisotopic (exact) mass is 266 g/mol. The predicted molar refractivity (Wildman–Crippen MR) is 73.1 cm³/mol. The third-order valence-corrected chi connectivity index (χ3v) is 6.02. The molecular weight excluding hydrogens is 240 g/mol. The third-order valence-electron chi connectivity index (χ3n) is 2.17. The summed E-state index contributed by atoms with van der Waals surface area (Å²) in [7, 11) is -2.35. The molecule has 0 amide bonds. The van der Waals surface area contributed by atoms with Crippen LogP contribution in [0.3, 0.4) is 0 Å². The van der Waals surface area contributed by atoms with Crippen LogP contribution in [-0.4, -0.2) is 40.6 Å². The zero-order chi connectivity index (χ0) is 12.3. The molecule has 0 fully saturated rings. The van der Waals surface area contributed by atoms with Gasteiger partial charge in [-0.25, -0.2) is 0 Å². The highest BCUT2D eigenvalue weighted by Crippen LogP contribution is 2.19. The highest BCUT2D eigenvalue weighted by Gasteiger charge is 2.39. The van der Waals surface area contributed by atoms with Gasteiger partial charge in [0.15, 0.2) is 0 Å². The van der Waals surface area contributed by atoms with Crippen LogP contribution in [0.1, 0.15) is 33.6 Å². The molecule has 0 aliphatic heterocycles. The molecule has 5 heteroatoms. The van der Waals surface area contributed by atoms with E-state index in [9.17, 15) is 0 Å². The first kappa shape index (κ1) is 16.4. The Morgan fingerprint density at radius 2 is 1.38 bits per heavy atom. The largest absolute Gasteiger partial charge is 0.500 e. The van der Waals surface area contributed by atoms with Crippen LogP contribution in [0.15, 0.2) is 0 Å². The molecule has 0 rings (SSSR count). The Balaban J connectivity index is 4.12. The van der Waals surface area contributed by atoms with E-state index >= 15 is 0 Å². The predicted octanol–water partition coefficient (Wildman–Crippen LogP) is 3.18. The molecule has 0 radical (unpaired) electrons. The Bertz CT molecular complexity index is 141. The molecule has 0 bridgehead atoms. The first-order chi connectivity index (χ1) is 7.74. The fourth-order valence-corrected chi connectivity index (χ4v) is 4.77. The van der Waals surface area contributed by atoms with E-state index in [2.05, 4.69) is 6.26 Å². The second-order valence-electron chi connectivity index (χ2n) is 3.43. The molecule has 0 unspecified atom stereocenters. The van der Waals surface area contributed by atoms with E-state index in [0.29, 0.717) is 19.8 Å². The van der Waals surface area contributed by atoms with E-state index in [1.807, 2.05) is 32.5 Å². The van der Waals surface area contributed by atoms with Crippen molar-refractivity contribution < 1.29 is 13.3 Å². The van der Waals surface area contributed by atoms with Gasteiger partial charge in [-0.15, -0.1) is 0 Å². The van der Waals surface area contributed by atoms with E-state index in [0.717, 1.165) is 12.5 Å². The van der Waals surface area contributed by atoms with Crippen LogP contribution in [0.25, 0.3) is 0 Å². The molecule has 3 nitrogen and oxygen atoms in total. The molecule has 0 atom stereocenters. The van der Waals surface area contributed by atoms with Crippen LogP contribution in [-0.2, 0) is 13.3 Å². The van der Waals surface area contributed by atoms with Crippen molar-refractivity contribution in [3.8, 4) is 0 Å².